The van der Waals surface area contributed by atoms with Crippen LogP contribution in [0.4, 0.5) is 0 Å². The number of carbonyl (C=O) groups excluding carboxylic acids is 2. The van der Waals surface area contributed by atoms with Gasteiger partial charge in [-0.3, -0.25) is 4.79 Å². The van der Waals surface area contributed by atoms with Crippen LogP contribution in [0.3, 0.4) is 0 Å². The summed E-state index contributed by atoms with van der Waals surface area (Å²) in [5.41, 5.74) is 0. The molecule has 0 bridgehead atoms. The molecule has 0 aromatic rings. The zero-order valence-electron chi connectivity index (χ0n) is 8.57. The van der Waals surface area contributed by atoms with Gasteiger partial charge < -0.3 is 14.8 Å². The molecule has 14 heavy (non-hydrogen) atoms. The molecule has 1 aliphatic rings. The summed E-state index contributed by atoms with van der Waals surface area (Å²) < 4.78 is 9.71. The summed E-state index contributed by atoms with van der Waals surface area (Å²) in [5.74, 6) is -1.57. The molecule has 0 aliphatic carbocycles. The lowest BCUT2D eigenvalue weighted by atomic mass is 10.1. The number of methoxy groups -OCH3 is 1. The van der Waals surface area contributed by atoms with E-state index >= 15 is 0 Å². The zero-order valence-corrected chi connectivity index (χ0v) is 8.57. The minimum Gasteiger partial charge on any atom is -0.462 e. The van der Waals surface area contributed by atoms with E-state index in [0.717, 1.165) is 6.42 Å². The summed E-state index contributed by atoms with van der Waals surface area (Å²) in [7, 11) is 1.18. The van der Waals surface area contributed by atoms with Crippen LogP contribution >= 0.6 is 0 Å². The number of hydrogen-bond donors (Lipinski definition) is 1. The van der Waals surface area contributed by atoms with Crippen molar-refractivity contribution >= 4 is 11.9 Å². The Morgan fingerprint density at radius 2 is 2.07 bits per heavy atom. The van der Waals surface area contributed by atoms with E-state index in [9.17, 15) is 9.59 Å². The molecule has 1 amide bonds. The maximum absolute atomic E-state index is 11.1. The van der Waals surface area contributed by atoms with Gasteiger partial charge in [-0.2, -0.15) is 0 Å². The van der Waals surface area contributed by atoms with Gasteiger partial charge in [-0.1, -0.05) is 0 Å². The summed E-state index contributed by atoms with van der Waals surface area (Å²) in [6, 6.07) is -0.100. The molecule has 1 saturated heterocycles. The molecule has 1 rings (SSSR count). The largest absolute Gasteiger partial charge is 0.462 e. The maximum atomic E-state index is 11.1. The Balaban J connectivity index is 2.45. The third kappa shape index (κ3) is 2.45. The number of rotatable bonds is 1. The highest BCUT2D eigenvalue weighted by Crippen LogP contribution is 2.19. The third-order valence-corrected chi connectivity index (χ3v) is 2.29. The molecule has 0 radical (unpaired) electrons. The van der Waals surface area contributed by atoms with Gasteiger partial charge in [-0.25, -0.2) is 4.79 Å². The summed E-state index contributed by atoms with van der Waals surface area (Å²) in [4.78, 5) is 22.0. The predicted octanol–water partition coefficient (Wildman–Crippen LogP) is -0.159. The van der Waals surface area contributed by atoms with Crippen LogP contribution in [0.15, 0.2) is 0 Å². The van der Waals surface area contributed by atoms with Gasteiger partial charge in [0.2, 0.25) is 0 Å². The highest BCUT2D eigenvalue weighted by atomic mass is 16.5. The molecular formula is C9H15NO4. The van der Waals surface area contributed by atoms with Crippen molar-refractivity contribution in [1.29, 1.82) is 0 Å². The molecule has 1 aliphatic heterocycles. The van der Waals surface area contributed by atoms with Crippen LogP contribution < -0.4 is 5.32 Å². The fraction of sp³-hybridized carbons (Fsp3) is 0.778. The van der Waals surface area contributed by atoms with E-state index in [4.69, 9.17) is 4.74 Å². The quantitative estimate of drug-likeness (QED) is 0.473. The van der Waals surface area contributed by atoms with Crippen molar-refractivity contribution in [3.8, 4) is 0 Å². The van der Waals surface area contributed by atoms with Crippen LogP contribution in [0, 0.1) is 0 Å². The lowest BCUT2D eigenvalue weighted by Gasteiger charge is -2.14. The van der Waals surface area contributed by atoms with Crippen LogP contribution in [-0.2, 0) is 19.1 Å². The highest BCUT2D eigenvalue weighted by Gasteiger charge is 2.32. The normalized spacial score (nSPS) is 31.2. The van der Waals surface area contributed by atoms with Gasteiger partial charge in [0, 0.05) is 0 Å². The first-order chi connectivity index (χ1) is 6.54. The van der Waals surface area contributed by atoms with Crippen molar-refractivity contribution in [2.45, 2.75) is 38.5 Å². The molecular weight excluding hydrogens is 186 g/mol. The van der Waals surface area contributed by atoms with Gasteiger partial charge in [0.05, 0.1) is 25.4 Å². The number of ether oxygens (including phenoxy) is 2. The Bertz CT molecular complexity index is 241. The molecule has 5 heteroatoms. The lowest BCUT2D eigenvalue weighted by molar-refractivity contribution is -0.153. The third-order valence-electron chi connectivity index (χ3n) is 2.29. The zero-order chi connectivity index (χ0) is 10.7. The van der Waals surface area contributed by atoms with Crippen LogP contribution in [-0.4, -0.2) is 37.2 Å². The first kappa shape index (κ1) is 11.0. The van der Waals surface area contributed by atoms with Crippen LogP contribution in [0.25, 0.3) is 0 Å². The number of hydrogen-bond acceptors (Lipinski definition) is 4. The summed E-state index contributed by atoms with van der Waals surface area (Å²) in [6.45, 7) is 3.80. The molecule has 1 fully saturated rings. The average Bonchev–Trinajstić information content (AvgIpc) is 2.44. The second-order valence-electron chi connectivity index (χ2n) is 3.46. The van der Waals surface area contributed by atoms with Gasteiger partial charge in [0.15, 0.2) is 0 Å². The number of nitrogens with one attached hydrogen (secondary N) is 1. The number of amides is 1. The number of esters is 1. The van der Waals surface area contributed by atoms with Crippen LogP contribution in [0.1, 0.15) is 20.3 Å². The van der Waals surface area contributed by atoms with E-state index in [1.54, 1.807) is 0 Å². The van der Waals surface area contributed by atoms with Crippen molar-refractivity contribution in [3.05, 3.63) is 0 Å². The molecule has 0 aromatic heterocycles. The fourth-order valence-corrected chi connectivity index (χ4v) is 1.56. The van der Waals surface area contributed by atoms with Gasteiger partial charge in [0.1, 0.15) is 0 Å². The van der Waals surface area contributed by atoms with Crippen molar-refractivity contribution in [2.24, 2.45) is 0 Å². The first-order valence-electron chi connectivity index (χ1n) is 4.59. The molecule has 80 valence electrons. The maximum Gasteiger partial charge on any atom is 0.396 e. The second kappa shape index (κ2) is 4.41. The summed E-state index contributed by atoms with van der Waals surface area (Å²) in [6.07, 6.45) is 0.788. The van der Waals surface area contributed by atoms with Crippen molar-refractivity contribution in [3.63, 3.8) is 0 Å². The Morgan fingerprint density at radius 1 is 1.43 bits per heavy atom. The van der Waals surface area contributed by atoms with E-state index in [1.807, 2.05) is 13.8 Å². The summed E-state index contributed by atoms with van der Waals surface area (Å²) in [5, 5.41) is 2.57. The summed E-state index contributed by atoms with van der Waals surface area (Å²) >= 11 is 0. The Labute approximate surface area is 82.8 Å². The van der Waals surface area contributed by atoms with Crippen LogP contribution in [0.5, 0.6) is 0 Å². The van der Waals surface area contributed by atoms with Gasteiger partial charge in [-0.15, -0.1) is 0 Å². The standard InChI is InChI=1S/C9H15NO4/c1-5-4-7(6(2)14-5)10-8(11)9(12)13-3/h5-7H,4H2,1-3H3,(H,10,11). The van der Waals surface area contributed by atoms with E-state index in [1.165, 1.54) is 7.11 Å². The molecule has 0 saturated carbocycles. The molecule has 1 N–H and O–H groups in total. The minimum absolute atomic E-state index is 0.0568. The van der Waals surface area contributed by atoms with E-state index in [0.29, 0.717) is 0 Å². The first-order valence-corrected chi connectivity index (χ1v) is 4.59. The predicted molar refractivity (Wildman–Crippen MR) is 48.6 cm³/mol. The average molecular weight is 201 g/mol. The SMILES string of the molecule is COC(=O)C(=O)NC1CC(C)OC1C. The monoisotopic (exact) mass is 201 g/mol. The lowest BCUT2D eigenvalue weighted by Crippen LogP contribution is -2.43. The molecule has 5 nitrogen and oxygen atoms in total. The molecule has 0 spiro atoms. The smallest absolute Gasteiger partial charge is 0.396 e. The Kier molecular flexibility index (Phi) is 3.46. The van der Waals surface area contributed by atoms with E-state index in [-0.39, 0.29) is 18.2 Å². The van der Waals surface area contributed by atoms with Crippen molar-refractivity contribution in [2.75, 3.05) is 7.11 Å². The molecule has 3 atom stereocenters. The Hall–Kier alpha value is -1.10. The molecule has 0 aromatic carbocycles. The Morgan fingerprint density at radius 3 is 2.50 bits per heavy atom. The molecule has 3 unspecified atom stereocenters. The minimum atomic E-state index is -0.864. The van der Waals surface area contributed by atoms with Crippen molar-refractivity contribution in [1.82, 2.24) is 5.32 Å². The van der Waals surface area contributed by atoms with Gasteiger partial charge in [-0.05, 0) is 20.3 Å². The molecule has 1 heterocycles. The second-order valence-corrected chi connectivity index (χ2v) is 3.46. The fourth-order valence-electron chi connectivity index (χ4n) is 1.56. The topological polar surface area (TPSA) is 64.6 Å². The van der Waals surface area contributed by atoms with Crippen LogP contribution in [0.2, 0.25) is 0 Å². The highest BCUT2D eigenvalue weighted by molar-refractivity contribution is 6.32. The van der Waals surface area contributed by atoms with E-state index < -0.39 is 11.9 Å². The van der Waals surface area contributed by atoms with Crippen molar-refractivity contribution < 1.29 is 19.1 Å². The van der Waals surface area contributed by atoms with Gasteiger partial charge in [0.25, 0.3) is 0 Å². The van der Waals surface area contributed by atoms with Gasteiger partial charge >= 0.3 is 11.9 Å². The number of carbonyl (C=O) groups is 2. The van der Waals surface area contributed by atoms with E-state index in [2.05, 4.69) is 10.1 Å².